The molecule has 0 amide bonds. The standard InChI is InChI=1S/C14H12FN3O2/c1-20-12-7-8(16)6-10(15)13(12)18-5-3-9-11(18)2-4-17-14(9)19/h2-7H,16H2,1H3,(H,17,19). The lowest BCUT2D eigenvalue weighted by atomic mass is 10.2. The predicted octanol–water partition coefficient (Wildman–Crippen LogP) is 2.05. The zero-order valence-corrected chi connectivity index (χ0v) is 10.7. The average Bonchev–Trinajstić information content (AvgIpc) is 2.83. The SMILES string of the molecule is COc1cc(N)cc(F)c1-n1ccc2c(=O)[nH]ccc21. The summed E-state index contributed by atoms with van der Waals surface area (Å²) in [6.07, 6.45) is 3.14. The number of nitrogen functional groups attached to an aromatic ring is 1. The first-order valence-electron chi connectivity index (χ1n) is 5.94. The van der Waals surface area contributed by atoms with Crippen LogP contribution in [0.4, 0.5) is 10.1 Å². The van der Waals surface area contributed by atoms with E-state index in [9.17, 15) is 9.18 Å². The van der Waals surface area contributed by atoms with E-state index in [4.69, 9.17) is 10.5 Å². The molecule has 5 nitrogen and oxygen atoms in total. The van der Waals surface area contributed by atoms with Crippen molar-refractivity contribution in [3.8, 4) is 11.4 Å². The van der Waals surface area contributed by atoms with E-state index in [1.807, 2.05) is 0 Å². The number of nitrogens with zero attached hydrogens (tertiary/aromatic N) is 1. The molecule has 0 aliphatic heterocycles. The number of ether oxygens (including phenoxy) is 1. The zero-order valence-electron chi connectivity index (χ0n) is 10.7. The Morgan fingerprint density at radius 1 is 1.35 bits per heavy atom. The van der Waals surface area contributed by atoms with Crippen molar-refractivity contribution in [1.29, 1.82) is 0 Å². The smallest absolute Gasteiger partial charge is 0.257 e. The summed E-state index contributed by atoms with van der Waals surface area (Å²) in [7, 11) is 1.44. The molecule has 1 aromatic carbocycles. The Hall–Kier alpha value is -2.76. The Morgan fingerprint density at radius 3 is 2.90 bits per heavy atom. The van der Waals surface area contributed by atoms with Gasteiger partial charge in [0.2, 0.25) is 0 Å². The van der Waals surface area contributed by atoms with Crippen molar-refractivity contribution in [3.63, 3.8) is 0 Å². The van der Waals surface area contributed by atoms with Gasteiger partial charge in [0.25, 0.3) is 5.56 Å². The number of halogens is 1. The number of nitrogens with two attached hydrogens (primary N) is 1. The minimum Gasteiger partial charge on any atom is -0.494 e. The van der Waals surface area contributed by atoms with Crippen molar-refractivity contribution in [1.82, 2.24) is 9.55 Å². The van der Waals surface area contributed by atoms with E-state index in [1.165, 1.54) is 25.4 Å². The Morgan fingerprint density at radius 2 is 2.15 bits per heavy atom. The molecule has 0 unspecified atom stereocenters. The van der Waals surface area contributed by atoms with Gasteiger partial charge in [-0.25, -0.2) is 4.39 Å². The molecule has 0 atom stereocenters. The van der Waals surface area contributed by atoms with Crippen LogP contribution in [0.1, 0.15) is 0 Å². The fourth-order valence-electron chi connectivity index (χ4n) is 2.26. The van der Waals surface area contributed by atoms with E-state index in [2.05, 4.69) is 4.98 Å². The second kappa shape index (κ2) is 4.41. The van der Waals surface area contributed by atoms with Crippen molar-refractivity contribution in [2.75, 3.05) is 12.8 Å². The summed E-state index contributed by atoms with van der Waals surface area (Å²) in [5, 5.41) is 0.478. The molecular weight excluding hydrogens is 261 g/mol. The quantitative estimate of drug-likeness (QED) is 0.702. The van der Waals surface area contributed by atoms with Crippen LogP contribution in [0.5, 0.6) is 5.75 Å². The van der Waals surface area contributed by atoms with Crippen LogP contribution in [-0.4, -0.2) is 16.7 Å². The third-order valence-corrected chi connectivity index (χ3v) is 3.14. The normalized spacial score (nSPS) is 10.9. The molecule has 0 fully saturated rings. The highest BCUT2D eigenvalue weighted by Gasteiger charge is 2.15. The second-order valence-electron chi connectivity index (χ2n) is 4.35. The maximum absolute atomic E-state index is 14.2. The van der Waals surface area contributed by atoms with Gasteiger partial charge in [0.05, 0.1) is 18.0 Å². The number of H-pyrrole nitrogens is 1. The molecule has 0 bridgehead atoms. The highest BCUT2D eigenvalue weighted by atomic mass is 19.1. The number of nitrogens with one attached hydrogen (secondary N) is 1. The Kier molecular flexibility index (Phi) is 2.71. The molecule has 6 heteroatoms. The number of fused-ring (bicyclic) bond motifs is 1. The first-order valence-corrected chi connectivity index (χ1v) is 5.94. The van der Waals surface area contributed by atoms with Crippen LogP contribution in [0.15, 0.2) is 41.5 Å². The molecular formula is C14H12FN3O2. The van der Waals surface area contributed by atoms with Crippen molar-refractivity contribution in [3.05, 3.63) is 52.8 Å². The van der Waals surface area contributed by atoms with Gasteiger partial charge in [-0.3, -0.25) is 4.79 Å². The van der Waals surface area contributed by atoms with Crippen molar-refractivity contribution in [2.24, 2.45) is 0 Å². The summed E-state index contributed by atoms with van der Waals surface area (Å²) in [5.41, 5.74) is 6.48. The first-order chi connectivity index (χ1) is 9.61. The molecule has 2 aromatic heterocycles. The van der Waals surface area contributed by atoms with Gasteiger partial charge in [-0.15, -0.1) is 0 Å². The lowest BCUT2D eigenvalue weighted by Crippen LogP contribution is -2.06. The molecule has 3 rings (SSSR count). The molecule has 2 heterocycles. The Balaban J connectivity index is 2.37. The second-order valence-corrected chi connectivity index (χ2v) is 4.35. The summed E-state index contributed by atoms with van der Waals surface area (Å²) in [4.78, 5) is 14.3. The van der Waals surface area contributed by atoms with E-state index in [1.54, 1.807) is 22.9 Å². The molecule has 0 aliphatic rings. The van der Waals surface area contributed by atoms with Crippen LogP contribution in [0.25, 0.3) is 16.6 Å². The summed E-state index contributed by atoms with van der Waals surface area (Å²) in [5.74, 6) is -0.208. The Labute approximate surface area is 113 Å². The summed E-state index contributed by atoms with van der Waals surface area (Å²) in [6.45, 7) is 0. The summed E-state index contributed by atoms with van der Waals surface area (Å²) >= 11 is 0. The fraction of sp³-hybridized carbons (Fsp3) is 0.0714. The number of aromatic amines is 1. The van der Waals surface area contributed by atoms with Crippen LogP contribution in [0, 0.1) is 5.82 Å². The van der Waals surface area contributed by atoms with Gasteiger partial charge in [0, 0.05) is 24.1 Å². The highest BCUT2D eigenvalue weighted by molar-refractivity contribution is 5.81. The average molecular weight is 273 g/mol. The number of methoxy groups -OCH3 is 1. The largest absolute Gasteiger partial charge is 0.494 e. The lowest BCUT2D eigenvalue weighted by Gasteiger charge is -2.12. The van der Waals surface area contributed by atoms with E-state index in [0.29, 0.717) is 16.7 Å². The van der Waals surface area contributed by atoms with E-state index in [0.717, 1.165) is 0 Å². The van der Waals surface area contributed by atoms with Crippen LogP contribution in [0.2, 0.25) is 0 Å². The minimum absolute atomic E-state index is 0.224. The molecule has 0 spiro atoms. The third-order valence-electron chi connectivity index (χ3n) is 3.14. The molecule has 0 radical (unpaired) electrons. The van der Waals surface area contributed by atoms with Crippen LogP contribution in [-0.2, 0) is 0 Å². The van der Waals surface area contributed by atoms with Crippen LogP contribution in [0.3, 0.4) is 0 Å². The van der Waals surface area contributed by atoms with Gasteiger partial charge in [0.1, 0.15) is 11.4 Å². The van der Waals surface area contributed by atoms with Gasteiger partial charge >= 0.3 is 0 Å². The fourth-order valence-corrected chi connectivity index (χ4v) is 2.26. The van der Waals surface area contributed by atoms with E-state index < -0.39 is 5.82 Å². The number of pyridine rings is 1. The van der Waals surface area contributed by atoms with Crippen LogP contribution >= 0.6 is 0 Å². The van der Waals surface area contributed by atoms with Crippen molar-refractivity contribution in [2.45, 2.75) is 0 Å². The summed E-state index contributed by atoms with van der Waals surface area (Å²) in [6, 6.07) is 6.09. The zero-order chi connectivity index (χ0) is 14.3. The predicted molar refractivity (Wildman–Crippen MR) is 74.8 cm³/mol. The number of anilines is 1. The lowest BCUT2D eigenvalue weighted by molar-refractivity contribution is 0.409. The van der Waals surface area contributed by atoms with Crippen molar-refractivity contribution >= 4 is 16.6 Å². The first kappa shape index (κ1) is 12.3. The maximum Gasteiger partial charge on any atom is 0.257 e. The monoisotopic (exact) mass is 273 g/mol. The minimum atomic E-state index is -0.514. The number of benzene rings is 1. The molecule has 0 saturated carbocycles. The topological polar surface area (TPSA) is 73.0 Å². The highest BCUT2D eigenvalue weighted by Crippen LogP contribution is 2.31. The van der Waals surface area contributed by atoms with Gasteiger partial charge in [0.15, 0.2) is 5.82 Å². The molecule has 0 saturated heterocycles. The maximum atomic E-state index is 14.2. The van der Waals surface area contributed by atoms with Crippen molar-refractivity contribution < 1.29 is 9.13 Å². The van der Waals surface area contributed by atoms with Gasteiger partial charge in [-0.1, -0.05) is 0 Å². The van der Waals surface area contributed by atoms with Gasteiger partial charge in [-0.2, -0.15) is 0 Å². The number of hydrogen-bond donors (Lipinski definition) is 2. The number of aromatic nitrogens is 2. The van der Waals surface area contributed by atoms with E-state index >= 15 is 0 Å². The number of hydrogen-bond acceptors (Lipinski definition) is 3. The molecule has 102 valence electrons. The van der Waals surface area contributed by atoms with Gasteiger partial charge < -0.3 is 20.0 Å². The van der Waals surface area contributed by atoms with Crippen LogP contribution < -0.4 is 16.0 Å². The Bertz CT molecular complexity index is 851. The third kappa shape index (κ3) is 1.73. The molecule has 0 aliphatic carbocycles. The molecule has 20 heavy (non-hydrogen) atoms. The van der Waals surface area contributed by atoms with Gasteiger partial charge in [-0.05, 0) is 18.2 Å². The summed E-state index contributed by atoms with van der Waals surface area (Å²) < 4.78 is 21.0. The number of rotatable bonds is 2. The molecule has 3 N–H and O–H groups in total. The van der Waals surface area contributed by atoms with E-state index in [-0.39, 0.29) is 16.9 Å². The molecule has 3 aromatic rings.